The van der Waals surface area contributed by atoms with Gasteiger partial charge in [0, 0.05) is 4.88 Å². The van der Waals surface area contributed by atoms with Crippen molar-refractivity contribution in [2.75, 3.05) is 0 Å². The minimum Gasteiger partial charge on any atom is -0.293 e. The molecule has 5 heteroatoms. The van der Waals surface area contributed by atoms with Gasteiger partial charge < -0.3 is 0 Å². The molecule has 0 spiro atoms. The van der Waals surface area contributed by atoms with E-state index < -0.39 is 24.4 Å². The van der Waals surface area contributed by atoms with Gasteiger partial charge in [0.25, 0.3) is 6.43 Å². The predicted octanol–water partition coefficient (Wildman–Crippen LogP) is 2.46. The van der Waals surface area contributed by atoms with Crippen molar-refractivity contribution in [2.45, 2.75) is 19.8 Å². The number of thiophene rings is 1. The van der Waals surface area contributed by atoms with Gasteiger partial charge >= 0.3 is 0 Å². The Morgan fingerprint density at radius 1 is 1.43 bits per heavy atom. The number of rotatable bonds is 4. The first-order valence-electron chi connectivity index (χ1n) is 3.91. The summed E-state index contributed by atoms with van der Waals surface area (Å²) in [5.74, 6) is -1.85. The summed E-state index contributed by atoms with van der Waals surface area (Å²) in [5, 5.41) is 0. The maximum atomic E-state index is 11.8. The Balaban J connectivity index is 2.64. The van der Waals surface area contributed by atoms with Gasteiger partial charge in [0.1, 0.15) is 0 Å². The van der Waals surface area contributed by atoms with Crippen LogP contribution in [0.4, 0.5) is 8.78 Å². The zero-order valence-electron chi connectivity index (χ0n) is 7.42. The van der Waals surface area contributed by atoms with E-state index in [9.17, 15) is 18.4 Å². The van der Waals surface area contributed by atoms with E-state index in [-0.39, 0.29) is 0 Å². The van der Waals surface area contributed by atoms with Gasteiger partial charge in [-0.25, -0.2) is 8.78 Å². The summed E-state index contributed by atoms with van der Waals surface area (Å²) in [5.41, 5.74) is 0. The molecule has 0 aromatic carbocycles. The van der Waals surface area contributed by atoms with Gasteiger partial charge in [-0.3, -0.25) is 9.59 Å². The normalized spacial score (nSPS) is 10.6. The summed E-state index contributed by atoms with van der Waals surface area (Å²) in [6.07, 6.45) is -3.77. The highest BCUT2D eigenvalue weighted by atomic mass is 32.1. The lowest BCUT2D eigenvalue weighted by Crippen LogP contribution is -2.14. The number of Topliss-reactive ketones (excluding diaryl/α,β-unsaturated/α-hetero) is 2. The SMILES string of the molecule is Cc1ccc(C(=O)CC(=O)C(F)F)s1. The summed E-state index contributed by atoms with van der Waals surface area (Å²) in [6.45, 7) is 1.80. The highest BCUT2D eigenvalue weighted by molar-refractivity contribution is 7.14. The fraction of sp³-hybridized carbons (Fsp3) is 0.333. The molecule has 0 saturated heterocycles. The predicted molar refractivity (Wildman–Crippen MR) is 49.0 cm³/mol. The van der Waals surface area contributed by atoms with E-state index in [1.165, 1.54) is 11.3 Å². The molecule has 14 heavy (non-hydrogen) atoms. The van der Waals surface area contributed by atoms with Crippen LogP contribution < -0.4 is 0 Å². The van der Waals surface area contributed by atoms with Crippen molar-refractivity contribution in [3.63, 3.8) is 0 Å². The molecule has 0 bridgehead atoms. The van der Waals surface area contributed by atoms with Crippen molar-refractivity contribution >= 4 is 22.9 Å². The maximum Gasteiger partial charge on any atom is 0.296 e. The molecule has 2 nitrogen and oxygen atoms in total. The fourth-order valence-corrected chi connectivity index (χ4v) is 1.71. The first-order valence-corrected chi connectivity index (χ1v) is 4.73. The number of hydrogen-bond donors (Lipinski definition) is 0. The average molecular weight is 218 g/mol. The van der Waals surface area contributed by atoms with Crippen molar-refractivity contribution in [1.82, 2.24) is 0 Å². The maximum absolute atomic E-state index is 11.8. The number of alkyl halides is 2. The van der Waals surface area contributed by atoms with Gasteiger partial charge in [-0.15, -0.1) is 11.3 Å². The number of halogens is 2. The van der Waals surface area contributed by atoms with Gasteiger partial charge in [-0.05, 0) is 19.1 Å². The quantitative estimate of drug-likeness (QED) is 0.574. The summed E-state index contributed by atoms with van der Waals surface area (Å²) < 4.78 is 23.6. The molecule has 0 radical (unpaired) electrons. The minimum atomic E-state index is -3.06. The van der Waals surface area contributed by atoms with Crippen LogP contribution in [0.1, 0.15) is 21.0 Å². The third-order valence-electron chi connectivity index (χ3n) is 1.59. The van der Waals surface area contributed by atoms with E-state index in [4.69, 9.17) is 0 Å². The van der Waals surface area contributed by atoms with Crippen LogP contribution in [0, 0.1) is 6.92 Å². The smallest absolute Gasteiger partial charge is 0.293 e. The van der Waals surface area contributed by atoms with E-state index in [0.29, 0.717) is 4.88 Å². The van der Waals surface area contributed by atoms with Gasteiger partial charge in [-0.1, -0.05) is 0 Å². The van der Waals surface area contributed by atoms with Crippen molar-refractivity contribution in [3.8, 4) is 0 Å². The molecule has 0 amide bonds. The lowest BCUT2D eigenvalue weighted by atomic mass is 10.2. The van der Waals surface area contributed by atoms with Crippen LogP contribution in [0.3, 0.4) is 0 Å². The standard InChI is InChI=1S/C9H8F2O2S/c1-5-2-3-8(14-5)6(12)4-7(13)9(10)11/h2-3,9H,4H2,1H3. The van der Waals surface area contributed by atoms with E-state index in [0.717, 1.165) is 4.88 Å². The molecule has 0 aliphatic heterocycles. The third-order valence-corrected chi connectivity index (χ3v) is 2.64. The highest BCUT2D eigenvalue weighted by Gasteiger charge is 2.20. The van der Waals surface area contributed by atoms with Gasteiger partial charge in [0.2, 0.25) is 5.78 Å². The largest absolute Gasteiger partial charge is 0.296 e. The van der Waals surface area contributed by atoms with Crippen molar-refractivity contribution < 1.29 is 18.4 Å². The Morgan fingerprint density at radius 3 is 2.50 bits per heavy atom. The van der Waals surface area contributed by atoms with Crippen LogP contribution in [-0.2, 0) is 4.79 Å². The molecule has 0 fully saturated rings. The molecular weight excluding hydrogens is 210 g/mol. The molecule has 0 N–H and O–H groups in total. The topological polar surface area (TPSA) is 34.1 Å². The first kappa shape index (κ1) is 11.0. The second-order valence-electron chi connectivity index (χ2n) is 2.78. The van der Waals surface area contributed by atoms with Crippen molar-refractivity contribution in [2.24, 2.45) is 0 Å². The highest BCUT2D eigenvalue weighted by Crippen LogP contribution is 2.17. The third kappa shape index (κ3) is 2.70. The molecule has 0 saturated carbocycles. The fourth-order valence-electron chi connectivity index (χ4n) is 0.907. The zero-order valence-corrected chi connectivity index (χ0v) is 8.24. The van der Waals surface area contributed by atoms with Crippen LogP contribution in [0.25, 0.3) is 0 Å². The number of ketones is 2. The summed E-state index contributed by atoms with van der Waals surface area (Å²) in [4.78, 5) is 23.1. The molecule has 76 valence electrons. The van der Waals surface area contributed by atoms with E-state index in [1.54, 1.807) is 19.1 Å². The Morgan fingerprint density at radius 2 is 2.07 bits per heavy atom. The minimum absolute atomic E-state index is 0.358. The lowest BCUT2D eigenvalue weighted by Gasteiger charge is -1.96. The summed E-state index contributed by atoms with van der Waals surface area (Å²) >= 11 is 1.20. The number of carbonyl (C=O) groups excluding carboxylic acids is 2. The van der Waals surface area contributed by atoms with Crippen LogP contribution in [0.2, 0.25) is 0 Å². The van der Waals surface area contributed by atoms with Crippen LogP contribution in [0.15, 0.2) is 12.1 Å². The van der Waals surface area contributed by atoms with Crippen LogP contribution in [0.5, 0.6) is 0 Å². The first-order chi connectivity index (χ1) is 6.50. The molecular formula is C9H8F2O2S. The molecule has 0 unspecified atom stereocenters. The Bertz CT molecular complexity index is 357. The second kappa shape index (κ2) is 4.41. The molecule has 0 aliphatic rings. The van der Waals surface area contributed by atoms with Crippen LogP contribution in [-0.4, -0.2) is 18.0 Å². The lowest BCUT2D eigenvalue weighted by molar-refractivity contribution is -0.128. The molecule has 0 aliphatic carbocycles. The average Bonchev–Trinajstić information content (AvgIpc) is 2.51. The number of hydrogen-bond acceptors (Lipinski definition) is 3. The Labute approximate surface area is 83.6 Å². The molecule has 0 atom stereocenters. The summed E-state index contributed by atoms with van der Waals surface area (Å²) in [6, 6.07) is 3.26. The summed E-state index contributed by atoms with van der Waals surface area (Å²) in [7, 11) is 0. The van der Waals surface area contributed by atoms with Crippen molar-refractivity contribution in [1.29, 1.82) is 0 Å². The Hall–Kier alpha value is -1.10. The van der Waals surface area contributed by atoms with E-state index in [2.05, 4.69) is 0 Å². The molecule has 1 rings (SSSR count). The van der Waals surface area contributed by atoms with Gasteiger partial charge in [0.15, 0.2) is 5.78 Å². The van der Waals surface area contributed by atoms with Gasteiger partial charge in [-0.2, -0.15) is 0 Å². The zero-order chi connectivity index (χ0) is 10.7. The van der Waals surface area contributed by atoms with E-state index >= 15 is 0 Å². The van der Waals surface area contributed by atoms with E-state index in [1.807, 2.05) is 0 Å². The number of carbonyl (C=O) groups is 2. The second-order valence-corrected chi connectivity index (χ2v) is 4.07. The van der Waals surface area contributed by atoms with Crippen molar-refractivity contribution in [3.05, 3.63) is 21.9 Å². The molecule has 1 aromatic rings. The monoisotopic (exact) mass is 218 g/mol. The molecule has 1 heterocycles. The molecule has 1 aromatic heterocycles. The van der Waals surface area contributed by atoms with Crippen LogP contribution >= 0.6 is 11.3 Å². The van der Waals surface area contributed by atoms with Gasteiger partial charge in [0.05, 0.1) is 11.3 Å². The number of aryl methyl sites for hydroxylation is 1. The Kier molecular flexibility index (Phi) is 3.46.